The molecule has 0 rings (SSSR count). The molecular weight excluding hydrogens is 176 g/mol. The van der Waals surface area contributed by atoms with Gasteiger partial charge >= 0.3 is 0 Å². The fourth-order valence-corrected chi connectivity index (χ4v) is 1.34. The van der Waals surface area contributed by atoms with E-state index in [1.807, 2.05) is 27.1 Å². The van der Waals surface area contributed by atoms with E-state index in [1.165, 1.54) is 0 Å². The second kappa shape index (κ2) is 7.56. The summed E-state index contributed by atoms with van der Waals surface area (Å²) in [4.78, 5) is 13.3. The monoisotopic (exact) mass is 198 g/mol. The lowest BCUT2D eigenvalue weighted by Crippen LogP contribution is -2.37. The second-order valence-electron chi connectivity index (χ2n) is 3.45. The van der Waals surface area contributed by atoms with Crippen LogP contribution in [0.25, 0.3) is 0 Å². The molecule has 3 nitrogen and oxygen atoms in total. The fourth-order valence-electron chi connectivity index (χ4n) is 1.34. The highest BCUT2D eigenvalue weighted by molar-refractivity contribution is 5.76. The number of hydrogen-bond donors (Lipinski definition) is 1. The Bertz CT molecular complexity index is 180. The van der Waals surface area contributed by atoms with Crippen molar-refractivity contribution in [1.82, 2.24) is 10.2 Å². The predicted molar refractivity (Wildman–Crippen MR) is 60.2 cm³/mol. The molecule has 0 fully saturated rings. The van der Waals surface area contributed by atoms with Crippen molar-refractivity contribution >= 4 is 5.91 Å². The zero-order valence-electron chi connectivity index (χ0n) is 9.55. The molecule has 0 radical (unpaired) electrons. The summed E-state index contributed by atoms with van der Waals surface area (Å²) in [7, 11) is 3.76. The molecule has 0 aromatic carbocycles. The van der Waals surface area contributed by atoms with Crippen LogP contribution >= 0.6 is 0 Å². The van der Waals surface area contributed by atoms with Gasteiger partial charge in [0.15, 0.2) is 0 Å². The van der Waals surface area contributed by atoms with Crippen molar-refractivity contribution in [3.8, 4) is 0 Å². The molecule has 0 heterocycles. The molecule has 0 aliphatic heterocycles. The molecule has 82 valence electrons. The highest BCUT2D eigenvalue weighted by Crippen LogP contribution is 2.05. The minimum absolute atomic E-state index is 0.154. The molecule has 0 saturated carbocycles. The Morgan fingerprint density at radius 2 is 2.29 bits per heavy atom. The van der Waals surface area contributed by atoms with Crippen molar-refractivity contribution in [3.05, 3.63) is 12.7 Å². The van der Waals surface area contributed by atoms with E-state index in [0.29, 0.717) is 6.42 Å². The molecule has 1 amide bonds. The smallest absolute Gasteiger partial charge is 0.222 e. The number of rotatable bonds is 7. The Hall–Kier alpha value is -0.830. The maximum absolute atomic E-state index is 11.6. The molecule has 0 aliphatic rings. The molecule has 1 unspecified atom stereocenters. The third kappa shape index (κ3) is 4.42. The molecule has 3 heteroatoms. The van der Waals surface area contributed by atoms with Crippen LogP contribution in [0.5, 0.6) is 0 Å². The van der Waals surface area contributed by atoms with Crippen LogP contribution in [0, 0.1) is 0 Å². The van der Waals surface area contributed by atoms with Gasteiger partial charge in [-0.25, -0.2) is 0 Å². The summed E-state index contributed by atoms with van der Waals surface area (Å²) < 4.78 is 0. The van der Waals surface area contributed by atoms with Gasteiger partial charge in [-0.15, -0.1) is 6.58 Å². The van der Waals surface area contributed by atoms with Crippen LogP contribution in [0.3, 0.4) is 0 Å². The van der Waals surface area contributed by atoms with E-state index in [0.717, 1.165) is 19.4 Å². The zero-order valence-corrected chi connectivity index (χ0v) is 9.55. The minimum atomic E-state index is 0.154. The lowest BCUT2D eigenvalue weighted by Gasteiger charge is -2.25. The van der Waals surface area contributed by atoms with Crippen LogP contribution in [0.4, 0.5) is 0 Å². The van der Waals surface area contributed by atoms with Crippen molar-refractivity contribution in [2.24, 2.45) is 0 Å². The van der Waals surface area contributed by atoms with Crippen LogP contribution < -0.4 is 5.32 Å². The molecule has 0 bridgehead atoms. The van der Waals surface area contributed by atoms with Crippen LogP contribution in [0.1, 0.15) is 26.2 Å². The van der Waals surface area contributed by atoms with E-state index in [1.54, 1.807) is 4.90 Å². The first-order valence-corrected chi connectivity index (χ1v) is 5.20. The lowest BCUT2D eigenvalue weighted by molar-refractivity contribution is -0.131. The molecular formula is C11H22N2O. The van der Waals surface area contributed by atoms with Gasteiger partial charge in [-0.3, -0.25) is 4.79 Å². The quantitative estimate of drug-likeness (QED) is 0.627. The average Bonchev–Trinajstić information content (AvgIpc) is 2.19. The summed E-state index contributed by atoms with van der Waals surface area (Å²) in [6.45, 7) is 6.68. The maximum atomic E-state index is 11.6. The third-order valence-electron chi connectivity index (χ3n) is 2.32. The maximum Gasteiger partial charge on any atom is 0.222 e. The van der Waals surface area contributed by atoms with E-state index in [4.69, 9.17) is 0 Å². The summed E-state index contributed by atoms with van der Waals surface area (Å²) >= 11 is 0. The Labute approximate surface area is 87.2 Å². The first-order chi connectivity index (χ1) is 6.67. The van der Waals surface area contributed by atoms with Gasteiger partial charge in [0, 0.05) is 13.5 Å². The number of hydrogen-bond acceptors (Lipinski definition) is 2. The third-order valence-corrected chi connectivity index (χ3v) is 2.32. The number of carbonyl (C=O) groups is 1. The average molecular weight is 198 g/mol. The SMILES string of the molecule is C=CC(CCNC)N(C)C(=O)CCC. The van der Waals surface area contributed by atoms with E-state index in [9.17, 15) is 4.79 Å². The van der Waals surface area contributed by atoms with Crippen LogP contribution in [-0.4, -0.2) is 37.5 Å². The van der Waals surface area contributed by atoms with Crippen molar-refractivity contribution in [2.75, 3.05) is 20.6 Å². The topological polar surface area (TPSA) is 32.3 Å². The van der Waals surface area contributed by atoms with Gasteiger partial charge in [0.2, 0.25) is 5.91 Å². The molecule has 1 N–H and O–H groups in total. The van der Waals surface area contributed by atoms with Crippen LogP contribution in [0.2, 0.25) is 0 Å². The van der Waals surface area contributed by atoms with Crippen molar-refractivity contribution < 1.29 is 4.79 Å². The number of nitrogens with one attached hydrogen (secondary N) is 1. The van der Waals surface area contributed by atoms with Gasteiger partial charge < -0.3 is 10.2 Å². The first-order valence-electron chi connectivity index (χ1n) is 5.20. The summed E-state index contributed by atoms with van der Waals surface area (Å²) in [6, 6.07) is 0.154. The summed E-state index contributed by atoms with van der Waals surface area (Å²) in [5, 5.41) is 3.07. The van der Waals surface area contributed by atoms with Crippen molar-refractivity contribution in [1.29, 1.82) is 0 Å². The normalized spacial score (nSPS) is 12.2. The van der Waals surface area contributed by atoms with Gasteiger partial charge in [-0.1, -0.05) is 13.0 Å². The predicted octanol–water partition coefficient (Wildman–Crippen LogP) is 1.41. The van der Waals surface area contributed by atoms with Crippen molar-refractivity contribution in [3.63, 3.8) is 0 Å². The molecule has 0 aromatic heterocycles. The molecule has 14 heavy (non-hydrogen) atoms. The highest BCUT2D eigenvalue weighted by Gasteiger charge is 2.15. The van der Waals surface area contributed by atoms with E-state index < -0.39 is 0 Å². The van der Waals surface area contributed by atoms with Crippen LogP contribution in [-0.2, 0) is 4.79 Å². The number of nitrogens with zero attached hydrogens (tertiary/aromatic N) is 1. The number of likely N-dealkylation sites (N-methyl/N-ethyl adjacent to an activating group) is 1. The van der Waals surface area contributed by atoms with Crippen molar-refractivity contribution in [2.45, 2.75) is 32.2 Å². The fraction of sp³-hybridized carbons (Fsp3) is 0.727. The first kappa shape index (κ1) is 13.2. The largest absolute Gasteiger partial charge is 0.339 e. The van der Waals surface area contributed by atoms with E-state index in [2.05, 4.69) is 11.9 Å². The van der Waals surface area contributed by atoms with Crippen LogP contribution in [0.15, 0.2) is 12.7 Å². The lowest BCUT2D eigenvalue weighted by atomic mass is 10.1. The number of carbonyl (C=O) groups excluding carboxylic acids is 1. The highest BCUT2D eigenvalue weighted by atomic mass is 16.2. The Balaban J connectivity index is 4.08. The Kier molecular flexibility index (Phi) is 7.11. The van der Waals surface area contributed by atoms with E-state index >= 15 is 0 Å². The Morgan fingerprint density at radius 3 is 2.71 bits per heavy atom. The van der Waals surface area contributed by atoms with Gasteiger partial charge in [0.05, 0.1) is 6.04 Å². The van der Waals surface area contributed by atoms with Gasteiger partial charge in [0.25, 0.3) is 0 Å². The molecule has 0 saturated heterocycles. The zero-order chi connectivity index (χ0) is 11.0. The van der Waals surface area contributed by atoms with Gasteiger partial charge in [-0.2, -0.15) is 0 Å². The number of amides is 1. The minimum Gasteiger partial charge on any atom is -0.339 e. The molecule has 0 aliphatic carbocycles. The van der Waals surface area contributed by atoms with Gasteiger partial charge in [0.1, 0.15) is 0 Å². The summed E-state index contributed by atoms with van der Waals surface area (Å²) in [5.74, 6) is 0.202. The Morgan fingerprint density at radius 1 is 1.64 bits per heavy atom. The summed E-state index contributed by atoms with van der Waals surface area (Å²) in [5.41, 5.74) is 0. The molecule has 1 atom stereocenters. The summed E-state index contributed by atoms with van der Waals surface area (Å²) in [6.07, 6.45) is 4.29. The molecule has 0 aromatic rings. The molecule has 0 spiro atoms. The standard InChI is InChI=1S/C11H22N2O/c1-5-7-11(14)13(4)10(6-2)8-9-12-3/h6,10,12H,2,5,7-9H2,1,3-4H3. The van der Waals surface area contributed by atoms with E-state index in [-0.39, 0.29) is 11.9 Å². The second-order valence-corrected chi connectivity index (χ2v) is 3.45. The van der Waals surface area contributed by atoms with Gasteiger partial charge in [-0.05, 0) is 26.4 Å².